The molecule has 0 unspecified atom stereocenters. The Hall–Kier alpha value is -1.70. The maximum absolute atomic E-state index is 12.7. The molecule has 27 heavy (non-hydrogen) atoms. The number of amides is 1. The molecule has 8 heteroatoms. The fraction of sp³-hybridized carbons (Fsp3) is 0.632. The lowest BCUT2D eigenvalue weighted by atomic mass is 9.77. The number of halogens is 1. The molecule has 0 radical (unpaired) electrons. The second-order valence-electron chi connectivity index (χ2n) is 7.55. The van der Waals surface area contributed by atoms with E-state index in [0.29, 0.717) is 22.6 Å². The molecule has 3 heterocycles. The Morgan fingerprint density at radius 2 is 1.81 bits per heavy atom. The number of pyridine rings is 1. The molecule has 2 saturated heterocycles. The van der Waals surface area contributed by atoms with Crippen LogP contribution in [0, 0.1) is 11.8 Å². The van der Waals surface area contributed by atoms with E-state index in [-0.39, 0.29) is 24.5 Å². The standard InChI is InChI=1S/C18H24ClN3O2.CH2O2/c19-14-3-4-15(20-9-14)18(24)22-10-12-7-16(21-5-1-2-6-21)17(23)8-13(12)11-22;2-1-3/h3-4,9,12-13,16-17,23H,1-2,5-8,10-11H2;1H,(H,2,3)/t12-,13+,16-,17-;/m1./s1. The summed E-state index contributed by atoms with van der Waals surface area (Å²) < 4.78 is 0. The number of hydrogen-bond donors (Lipinski definition) is 2. The maximum Gasteiger partial charge on any atom is 0.290 e. The van der Waals surface area contributed by atoms with Crippen molar-refractivity contribution in [1.82, 2.24) is 14.8 Å². The fourth-order valence-corrected chi connectivity index (χ4v) is 4.81. The summed E-state index contributed by atoms with van der Waals surface area (Å²) in [6.45, 7) is 3.48. The molecular weight excluding hydrogens is 370 g/mol. The van der Waals surface area contributed by atoms with Gasteiger partial charge in [-0.15, -0.1) is 0 Å². The summed E-state index contributed by atoms with van der Waals surface area (Å²) in [6.07, 6.45) is 5.56. The summed E-state index contributed by atoms with van der Waals surface area (Å²) in [5.41, 5.74) is 0.453. The van der Waals surface area contributed by atoms with Gasteiger partial charge in [-0.25, -0.2) is 4.98 Å². The van der Waals surface area contributed by atoms with Crippen molar-refractivity contribution in [2.24, 2.45) is 11.8 Å². The summed E-state index contributed by atoms with van der Waals surface area (Å²) in [5.74, 6) is 0.888. The molecule has 3 fully saturated rings. The second-order valence-corrected chi connectivity index (χ2v) is 7.98. The van der Waals surface area contributed by atoms with Crippen molar-refractivity contribution in [3.63, 3.8) is 0 Å². The molecule has 1 aromatic rings. The third-order valence-corrected chi connectivity index (χ3v) is 6.18. The first-order valence-electron chi connectivity index (χ1n) is 9.44. The Kier molecular flexibility index (Phi) is 6.68. The largest absolute Gasteiger partial charge is 0.483 e. The molecule has 1 aromatic heterocycles. The highest BCUT2D eigenvalue weighted by Crippen LogP contribution is 2.39. The lowest BCUT2D eigenvalue weighted by Crippen LogP contribution is -2.48. The van der Waals surface area contributed by atoms with Crippen LogP contribution in [0.1, 0.15) is 36.2 Å². The zero-order chi connectivity index (χ0) is 19.4. The molecular formula is C19H26ClN3O4. The van der Waals surface area contributed by atoms with E-state index in [4.69, 9.17) is 21.5 Å². The van der Waals surface area contributed by atoms with E-state index >= 15 is 0 Å². The molecule has 3 aliphatic rings. The van der Waals surface area contributed by atoms with Gasteiger partial charge in [-0.3, -0.25) is 14.5 Å². The number of aliphatic hydroxyl groups excluding tert-OH is 1. The van der Waals surface area contributed by atoms with Crippen LogP contribution in [0.4, 0.5) is 0 Å². The van der Waals surface area contributed by atoms with Crippen molar-refractivity contribution in [2.45, 2.75) is 37.8 Å². The smallest absolute Gasteiger partial charge is 0.290 e. The summed E-state index contributed by atoms with van der Waals surface area (Å²) >= 11 is 5.85. The van der Waals surface area contributed by atoms with Gasteiger partial charge in [-0.2, -0.15) is 0 Å². The highest BCUT2D eigenvalue weighted by molar-refractivity contribution is 6.30. The number of carbonyl (C=O) groups is 2. The highest BCUT2D eigenvalue weighted by Gasteiger charge is 2.45. The van der Waals surface area contributed by atoms with Gasteiger partial charge >= 0.3 is 0 Å². The minimum Gasteiger partial charge on any atom is -0.483 e. The van der Waals surface area contributed by atoms with E-state index in [2.05, 4.69) is 9.88 Å². The summed E-state index contributed by atoms with van der Waals surface area (Å²) in [7, 11) is 0. The van der Waals surface area contributed by atoms with E-state index in [1.807, 2.05) is 4.90 Å². The van der Waals surface area contributed by atoms with Gasteiger partial charge < -0.3 is 15.1 Å². The average molecular weight is 396 g/mol. The minimum atomic E-state index is -0.256. The summed E-state index contributed by atoms with van der Waals surface area (Å²) in [5, 5.41) is 18.0. The molecule has 4 atom stereocenters. The number of carbonyl (C=O) groups excluding carboxylic acids is 1. The zero-order valence-corrected chi connectivity index (χ0v) is 16.0. The minimum absolute atomic E-state index is 0.0201. The monoisotopic (exact) mass is 395 g/mol. The van der Waals surface area contributed by atoms with Gasteiger partial charge in [0.15, 0.2) is 0 Å². The Balaban J connectivity index is 0.000000659. The van der Waals surface area contributed by atoms with Crippen LogP contribution in [0.3, 0.4) is 0 Å². The van der Waals surface area contributed by atoms with Gasteiger partial charge in [0.25, 0.3) is 12.4 Å². The van der Waals surface area contributed by atoms with Crippen molar-refractivity contribution in [2.75, 3.05) is 26.2 Å². The highest BCUT2D eigenvalue weighted by atomic mass is 35.5. The second kappa shape index (κ2) is 8.99. The van der Waals surface area contributed by atoms with E-state index < -0.39 is 0 Å². The van der Waals surface area contributed by atoms with E-state index in [0.717, 1.165) is 39.0 Å². The van der Waals surface area contributed by atoms with E-state index in [1.54, 1.807) is 12.1 Å². The Bertz CT molecular complexity index is 651. The van der Waals surface area contributed by atoms with E-state index in [9.17, 15) is 9.90 Å². The molecule has 2 N–H and O–H groups in total. The van der Waals surface area contributed by atoms with Crippen LogP contribution < -0.4 is 0 Å². The predicted octanol–water partition coefficient (Wildman–Crippen LogP) is 1.74. The van der Waals surface area contributed by atoms with E-state index in [1.165, 1.54) is 19.0 Å². The zero-order valence-electron chi connectivity index (χ0n) is 15.2. The fourth-order valence-electron chi connectivity index (χ4n) is 4.70. The number of nitrogens with zero attached hydrogens (tertiary/aromatic N) is 3. The molecule has 0 bridgehead atoms. The van der Waals surface area contributed by atoms with Gasteiger partial charge in [-0.05, 0) is 62.7 Å². The van der Waals surface area contributed by atoms with Crippen LogP contribution in [-0.4, -0.2) is 75.7 Å². The predicted molar refractivity (Wildman–Crippen MR) is 101 cm³/mol. The van der Waals surface area contributed by atoms with Crippen LogP contribution >= 0.6 is 11.6 Å². The van der Waals surface area contributed by atoms with Gasteiger partial charge in [0, 0.05) is 25.3 Å². The number of rotatable bonds is 2. The quantitative estimate of drug-likeness (QED) is 0.741. The van der Waals surface area contributed by atoms with Gasteiger partial charge in [0.2, 0.25) is 0 Å². The molecule has 1 saturated carbocycles. The number of aliphatic hydroxyl groups is 1. The SMILES string of the molecule is O=C(c1ccc(Cl)cn1)N1C[C@H]2C[C@@H](N3CCCC3)[C@H](O)C[C@H]2C1.O=CO. The van der Waals surface area contributed by atoms with Gasteiger partial charge in [0.05, 0.1) is 11.1 Å². The maximum atomic E-state index is 12.7. The van der Waals surface area contributed by atoms with Crippen molar-refractivity contribution in [3.8, 4) is 0 Å². The number of likely N-dealkylation sites (tertiary alicyclic amines) is 2. The normalized spacial score (nSPS) is 30.4. The van der Waals surface area contributed by atoms with Crippen molar-refractivity contribution < 1.29 is 19.8 Å². The van der Waals surface area contributed by atoms with Gasteiger partial charge in [0.1, 0.15) is 5.69 Å². The Labute approximate surface area is 163 Å². The van der Waals surface area contributed by atoms with Crippen molar-refractivity contribution >= 4 is 24.0 Å². The van der Waals surface area contributed by atoms with Crippen LogP contribution in [0.25, 0.3) is 0 Å². The first-order valence-corrected chi connectivity index (χ1v) is 9.82. The van der Waals surface area contributed by atoms with Crippen LogP contribution in [0.5, 0.6) is 0 Å². The molecule has 2 aliphatic heterocycles. The molecule has 7 nitrogen and oxygen atoms in total. The van der Waals surface area contributed by atoms with Crippen LogP contribution in [0.15, 0.2) is 18.3 Å². The first kappa shape index (κ1) is 20.0. The van der Waals surface area contributed by atoms with Gasteiger partial charge in [-0.1, -0.05) is 11.6 Å². The number of hydrogen-bond acceptors (Lipinski definition) is 5. The number of carboxylic acid groups (broad SMARTS) is 1. The molecule has 0 spiro atoms. The lowest BCUT2D eigenvalue weighted by Gasteiger charge is -2.40. The summed E-state index contributed by atoms with van der Waals surface area (Å²) in [4.78, 5) is 29.5. The molecule has 1 aliphatic carbocycles. The molecule has 148 valence electrons. The Morgan fingerprint density at radius 3 is 2.41 bits per heavy atom. The molecule has 4 rings (SSSR count). The van der Waals surface area contributed by atoms with Crippen molar-refractivity contribution in [1.29, 1.82) is 0 Å². The molecule has 0 aromatic carbocycles. The van der Waals surface area contributed by atoms with Crippen LogP contribution in [-0.2, 0) is 4.79 Å². The van der Waals surface area contributed by atoms with Crippen molar-refractivity contribution in [3.05, 3.63) is 29.0 Å². The summed E-state index contributed by atoms with van der Waals surface area (Å²) in [6, 6.07) is 3.67. The first-order chi connectivity index (χ1) is 13.0. The number of fused-ring (bicyclic) bond motifs is 1. The lowest BCUT2D eigenvalue weighted by molar-refractivity contribution is -0.122. The third-order valence-electron chi connectivity index (χ3n) is 5.95. The Morgan fingerprint density at radius 1 is 1.19 bits per heavy atom. The average Bonchev–Trinajstić information content (AvgIpc) is 3.31. The topological polar surface area (TPSA) is 94.0 Å². The van der Waals surface area contributed by atoms with Crippen LogP contribution in [0.2, 0.25) is 5.02 Å². The third kappa shape index (κ3) is 4.59. The molecule has 1 amide bonds. The number of aromatic nitrogens is 1.